The molecule has 0 saturated heterocycles. The van der Waals surface area contributed by atoms with Crippen molar-refractivity contribution in [2.75, 3.05) is 11.9 Å². The first-order valence-electron chi connectivity index (χ1n) is 7.33. The van der Waals surface area contributed by atoms with Crippen LogP contribution in [0.1, 0.15) is 24.1 Å². The number of hydrogen-bond donors (Lipinski definition) is 1. The van der Waals surface area contributed by atoms with E-state index in [0.29, 0.717) is 6.04 Å². The molecule has 1 aromatic carbocycles. The van der Waals surface area contributed by atoms with Gasteiger partial charge in [-0.2, -0.15) is 0 Å². The minimum Gasteiger partial charge on any atom is -0.329 e. The minimum absolute atomic E-state index is 0.653. The van der Waals surface area contributed by atoms with Crippen molar-refractivity contribution in [1.29, 1.82) is 0 Å². The van der Waals surface area contributed by atoms with E-state index < -0.39 is 0 Å². The fourth-order valence-corrected chi connectivity index (χ4v) is 2.55. The first-order valence-corrected chi connectivity index (χ1v) is 7.71. The molecule has 0 bridgehead atoms. The Morgan fingerprint density at radius 2 is 2.00 bits per heavy atom. The fraction of sp³-hybridized carbons (Fsp3) is 0.353. The standard InChI is InChI=1S/C17H20ClN3/c1-12-5-3-4-6-16(12)21(2)17-10-9-14(18)15(20-17)11-19-13-7-8-13/h3-6,9-10,13,19H,7-8,11H2,1-2H3. The van der Waals surface area contributed by atoms with Gasteiger partial charge in [-0.1, -0.05) is 29.8 Å². The van der Waals surface area contributed by atoms with Crippen molar-refractivity contribution in [3.8, 4) is 0 Å². The Hall–Kier alpha value is -1.58. The number of pyridine rings is 1. The van der Waals surface area contributed by atoms with E-state index in [1.807, 2.05) is 31.3 Å². The summed E-state index contributed by atoms with van der Waals surface area (Å²) in [6, 6.07) is 12.9. The molecule has 3 rings (SSSR count). The summed E-state index contributed by atoms with van der Waals surface area (Å²) < 4.78 is 0. The number of aryl methyl sites for hydroxylation is 1. The van der Waals surface area contributed by atoms with Crippen molar-refractivity contribution < 1.29 is 0 Å². The second kappa shape index (κ2) is 6.04. The maximum absolute atomic E-state index is 6.26. The van der Waals surface area contributed by atoms with Gasteiger partial charge in [-0.25, -0.2) is 4.98 Å². The van der Waals surface area contributed by atoms with Gasteiger partial charge in [0.15, 0.2) is 0 Å². The van der Waals surface area contributed by atoms with E-state index in [9.17, 15) is 0 Å². The molecule has 21 heavy (non-hydrogen) atoms. The average Bonchev–Trinajstić information content (AvgIpc) is 3.30. The van der Waals surface area contributed by atoms with Crippen LogP contribution in [0, 0.1) is 6.92 Å². The Balaban J connectivity index is 1.84. The molecule has 1 saturated carbocycles. The second-order valence-corrected chi connectivity index (χ2v) is 6.01. The number of nitrogens with one attached hydrogen (secondary N) is 1. The largest absolute Gasteiger partial charge is 0.329 e. The molecule has 1 N–H and O–H groups in total. The van der Waals surface area contributed by atoms with Crippen LogP contribution in [0.3, 0.4) is 0 Å². The SMILES string of the molecule is Cc1ccccc1N(C)c1ccc(Cl)c(CNC2CC2)n1. The van der Waals surface area contributed by atoms with Crippen molar-refractivity contribution in [1.82, 2.24) is 10.3 Å². The molecule has 0 atom stereocenters. The van der Waals surface area contributed by atoms with Gasteiger partial charge < -0.3 is 10.2 Å². The molecule has 110 valence electrons. The van der Waals surface area contributed by atoms with Crippen LogP contribution < -0.4 is 10.2 Å². The van der Waals surface area contributed by atoms with Gasteiger partial charge in [-0.05, 0) is 43.5 Å². The molecule has 1 aliphatic carbocycles. The molecule has 0 amide bonds. The molecule has 4 heteroatoms. The van der Waals surface area contributed by atoms with Gasteiger partial charge in [0, 0.05) is 25.3 Å². The highest BCUT2D eigenvalue weighted by Crippen LogP contribution is 2.27. The Kier molecular flexibility index (Phi) is 4.13. The summed E-state index contributed by atoms with van der Waals surface area (Å²) in [6.07, 6.45) is 2.53. The number of anilines is 2. The first kappa shape index (κ1) is 14.4. The number of para-hydroxylation sites is 1. The van der Waals surface area contributed by atoms with Gasteiger partial charge in [0.1, 0.15) is 5.82 Å². The maximum atomic E-state index is 6.26. The van der Waals surface area contributed by atoms with Crippen LogP contribution in [0.2, 0.25) is 5.02 Å². The van der Waals surface area contributed by atoms with Crippen LogP contribution in [-0.4, -0.2) is 18.1 Å². The first-order chi connectivity index (χ1) is 10.1. The fourth-order valence-electron chi connectivity index (χ4n) is 2.38. The summed E-state index contributed by atoms with van der Waals surface area (Å²) in [6.45, 7) is 2.84. The van der Waals surface area contributed by atoms with E-state index in [0.717, 1.165) is 28.8 Å². The van der Waals surface area contributed by atoms with Crippen molar-refractivity contribution in [3.63, 3.8) is 0 Å². The Morgan fingerprint density at radius 3 is 2.71 bits per heavy atom. The highest BCUT2D eigenvalue weighted by molar-refractivity contribution is 6.31. The van der Waals surface area contributed by atoms with Gasteiger partial charge in [0.2, 0.25) is 0 Å². The second-order valence-electron chi connectivity index (χ2n) is 5.60. The van der Waals surface area contributed by atoms with Crippen LogP contribution in [0.4, 0.5) is 11.5 Å². The normalized spacial score (nSPS) is 14.2. The van der Waals surface area contributed by atoms with Crippen LogP contribution in [0.25, 0.3) is 0 Å². The number of rotatable bonds is 5. The van der Waals surface area contributed by atoms with Crippen LogP contribution in [0.15, 0.2) is 36.4 Å². The molecule has 1 heterocycles. The third-order valence-corrected chi connectivity index (χ3v) is 4.20. The Morgan fingerprint density at radius 1 is 1.24 bits per heavy atom. The smallest absolute Gasteiger partial charge is 0.133 e. The van der Waals surface area contributed by atoms with Crippen molar-refractivity contribution >= 4 is 23.1 Å². The molecule has 0 unspecified atom stereocenters. The summed E-state index contributed by atoms with van der Waals surface area (Å²) in [5.74, 6) is 0.918. The predicted octanol–water partition coefficient (Wildman–Crippen LogP) is 4.06. The number of aromatic nitrogens is 1. The van der Waals surface area contributed by atoms with Gasteiger partial charge in [-0.3, -0.25) is 0 Å². The third-order valence-electron chi connectivity index (χ3n) is 3.86. The van der Waals surface area contributed by atoms with Gasteiger partial charge >= 0.3 is 0 Å². The lowest BCUT2D eigenvalue weighted by Crippen LogP contribution is -2.18. The average molecular weight is 302 g/mol. The van der Waals surface area contributed by atoms with E-state index >= 15 is 0 Å². The molecule has 2 aromatic rings. The topological polar surface area (TPSA) is 28.2 Å². The molecule has 0 aliphatic heterocycles. The summed E-state index contributed by atoms with van der Waals surface area (Å²) in [5, 5.41) is 4.19. The number of hydrogen-bond acceptors (Lipinski definition) is 3. The lowest BCUT2D eigenvalue weighted by molar-refractivity contribution is 0.674. The molecule has 3 nitrogen and oxygen atoms in total. The van der Waals surface area contributed by atoms with Gasteiger partial charge in [0.25, 0.3) is 0 Å². The Labute approximate surface area is 131 Å². The highest BCUT2D eigenvalue weighted by Gasteiger charge is 2.21. The number of nitrogens with zero attached hydrogens (tertiary/aromatic N) is 2. The van der Waals surface area contributed by atoms with Crippen LogP contribution >= 0.6 is 11.6 Å². The van der Waals surface area contributed by atoms with E-state index in [1.54, 1.807) is 0 Å². The summed E-state index contributed by atoms with van der Waals surface area (Å²) in [5.41, 5.74) is 3.31. The Bertz CT molecular complexity index is 638. The van der Waals surface area contributed by atoms with E-state index in [1.165, 1.54) is 18.4 Å². The van der Waals surface area contributed by atoms with Crippen molar-refractivity contribution in [2.45, 2.75) is 32.4 Å². The van der Waals surface area contributed by atoms with Crippen molar-refractivity contribution in [3.05, 3.63) is 52.7 Å². The van der Waals surface area contributed by atoms with Crippen molar-refractivity contribution in [2.24, 2.45) is 0 Å². The predicted molar refractivity (Wildman–Crippen MR) is 88.4 cm³/mol. The quantitative estimate of drug-likeness (QED) is 0.902. The zero-order valence-corrected chi connectivity index (χ0v) is 13.2. The van der Waals surface area contributed by atoms with Crippen LogP contribution in [-0.2, 0) is 6.54 Å². The third kappa shape index (κ3) is 3.36. The zero-order chi connectivity index (χ0) is 14.8. The highest BCUT2D eigenvalue weighted by atomic mass is 35.5. The lowest BCUT2D eigenvalue weighted by Gasteiger charge is -2.21. The summed E-state index contributed by atoms with van der Waals surface area (Å²) >= 11 is 6.26. The molecular formula is C17H20ClN3. The lowest BCUT2D eigenvalue weighted by atomic mass is 10.2. The van der Waals surface area contributed by atoms with Gasteiger partial charge in [0.05, 0.1) is 10.7 Å². The van der Waals surface area contributed by atoms with E-state index in [4.69, 9.17) is 16.6 Å². The zero-order valence-electron chi connectivity index (χ0n) is 12.4. The molecule has 1 aliphatic rings. The summed E-state index contributed by atoms with van der Waals surface area (Å²) in [4.78, 5) is 6.82. The molecular weight excluding hydrogens is 282 g/mol. The minimum atomic E-state index is 0.653. The number of halogens is 1. The van der Waals surface area contributed by atoms with Crippen LogP contribution in [0.5, 0.6) is 0 Å². The summed E-state index contributed by atoms with van der Waals surface area (Å²) in [7, 11) is 2.04. The van der Waals surface area contributed by atoms with E-state index in [-0.39, 0.29) is 0 Å². The monoisotopic (exact) mass is 301 g/mol. The maximum Gasteiger partial charge on any atom is 0.133 e. The van der Waals surface area contributed by atoms with Gasteiger partial charge in [-0.15, -0.1) is 0 Å². The molecule has 0 spiro atoms. The van der Waals surface area contributed by atoms with E-state index in [2.05, 4.69) is 29.3 Å². The molecule has 1 aromatic heterocycles. The molecule has 1 fully saturated rings. The number of benzene rings is 1. The molecule has 0 radical (unpaired) electrons.